The summed E-state index contributed by atoms with van der Waals surface area (Å²) in [5.74, 6) is 3.47. The van der Waals surface area contributed by atoms with Crippen molar-refractivity contribution < 1.29 is 9.47 Å². The van der Waals surface area contributed by atoms with Crippen LogP contribution in [0, 0.1) is 0 Å². The molecule has 0 spiro atoms. The Labute approximate surface area is 470 Å². The molecule has 0 saturated carbocycles. The summed E-state index contributed by atoms with van der Waals surface area (Å²) in [6.45, 7) is -0.00163. The third kappa shape index (κ3) is 6.31. The molecule has 9 heteroatoms. The highest BCUT2D eigenvalue weighted by Gasteiger charge is 2.48. The van der Waals surface area contributed by atoms with Gasteiger partial charge in [-0.15, -0.1) is 0 Å². The van der Waals surface area contributed by atoms with Crippen LogP contribution in [0.2, 0.25) is 0 Å². The van der Waals surface area contributed by atoms with Gasteiger partial charge in [0.2, 0.25) is 0 Å². The first-order valence-corrected chi connectivity index (χ1v) is 27.8. The molecule has 0 amide bonds. The Morgan fingerprint density at radius 2 is 0.691 bits per heavy atom. The van der Waals surface area contributed by atoms with Gasteiger partial charge in [-0.05, 0) is 171 Å². The second kappa shape index (κ2) is 16.9. The van der Waals surface area contributed by atoms with Crippen LogP contribution in [-0.4, -0.2) is 13.4 Å². The summed E-state index contributed by atoms with van der Waals surface area (Å²) < 4.78 is 13.3. The highest BCUT2D eigenvalue weighted by molar-refractivity contribution is 7.01. The zero-order valence-electron chi connectivity index (χ0n) is 43.7. The molecule has 0 fully saturated rings. The lowest BCUT2D eigenvalue weighted by Crippen LogP contribution is -2.61. The number of anilines is 15. The molecular formula is C72H45B2N5O2. The third-order valence-corrected chi connectivity index (χ3v) is 17.3. The van der Waals surface area contributed by atoms with Crippen molar-refractivity contribution in [3.63, 3.8) is 0 Å². The van der Waals surface area contributed by atoms with Crippen LogP contribution in [0.3, 0.4) is 0 Å². The minimum atomic E-state index is -0.0325. The van der Waals surface area contributed by atoms with Gasteiger partial charge in [-0.3, -0.25) is 0 Å². The molecule has 81 heavy (non-hydrogen) atoms. The second-order valence-corrected chi connectivity index (χ2v) is 21.6. The average Bonchev–Trinajstić information content (AvgIpc) is 2.47. The van der Waals surface area contributed by atoms with E-state index in [1.54, 1.807) is 0 Å². The molecule has 0 aromatic heterocycles. The van der Waals surface area contributed by atoms with Crippen molar-refractivity contribution in [3.8, 4) is 34.1 Å². The fourth-order valence-electron chi connectivity index (χ4n) is 14.1. The number of fused-ring (bicyclic) bond motifs is 12. The summed E-state index contributed by atoms with van der Waals surface area (Å²) in [5, 5.41) is 0. The maximum absolute atomic E-state index is 6.68. The molecule has 6 aliphatic heterocycles. The standard InChI is InChI=1S/C72H45B2N5O2/c1-3-19-48(20-4-1)75(52-42-43-54-64(45-52)76(49-21-5-2-6-22-49)60-30-16-32-62-69(60)74(54)56-26-15-37-68-72(56)78(62)58-28-9-11-34-65(58)81-68)50-40-38-46(39-41-50)47-18-13-23-51(44-47)77-57-27-8-7-24-53(57)73-55-25-14-36-67-71(55)79(59-29-10-12-35-66(59)80-67)63-33-17-31-61(77)70(63)73/h1-45H. The molecule has 0 N–H and O–H groups in total. The Kier molecular flexibility index (Phi) is 9.28. The monoisotopic (exact) mass is 1030 g/mol. The first kappa shape index (κ1) is 44.4. The summed E-state index contributed by atoms with van der Waals surface area (Å²) in [5.41, 5.74) is 26.6. The molecule has 7 nitrogen and oxygen atoms in total. The minimum Gasteiger partial charge on any atom is -0.453 e. The van der Waals surface area contributed by atoms with E-state index in [2.05, 4.69) is 285 Å². The van der Waals surface area contributed by atoms with Crippen LogP contribution in [0.4, 0.5) is 85.3 Å². The summed E-state index contributed by atoms with van der Waals surface area (Å²) in [6.07, 6.45) is 0. The molecule has 18 rings (SSSR count). The Hall–Kier alpha value is -10.6. The van der Waals surface area contributed by atoms with Gasteiger partial charge in [0.1, 0.15) is 0 Å². The molecule has 0 radical (unpaired) electrons. The lowest BCUT2D eigenvalue weighted by molar-refractivity contribution is 0.477. The summed E-state index contributed by atoms with van der Waals surface area (Å²) in [4.78, 5) is 12.2. The van der Waals surface area contributed by atoms with Gasteiger partial charge in [-0.25, -0.2) is 0 Å². The van der Waals surface area contributed by atoms with Gasteiger partial charge in [0.25, 0.3) is 13.4 Å². The van der Waals surface area contributed by atoms with E-state index < -0.39 is 0 Å². The summed E-state index contributed by atoms with van der Waals surface area (Å²) in [6, 6.07) is 99.2. The van der Waals surface area contributed by atoms with Crippen molar-refractivity contribution in [2.75, 3.05) is 24.5 Å². The van der Waals surface area contributed by atoms with E-state index in [4.69, 9.17) is 9.47 Å². The number of hydrogen-bond donors (Lipinski definition) is 0. The van der Waals surface area contributed by atoms with E-state index in [0.29, 0.717) is 0 Å². The van der Waals surface area contributed by atoms with Gasteiger partial charge < -0.3 is 34.0 Å². The van der Waals surface area contributed by atoms with Crippen molar-refractivity contribution in [3.05, 3.63) is 273 Å². The number of benzene rings is 12. The average molecular weight is 1030 g/mol. The van der Waals surface area contributed by atoms with Crippen LogP contribution >= 0.6 is 0 Å². The van der Waals surface area contributed by atoms with E-state index in [0.717, 1.165) is 96.7 Å². The van der Waals surface area contributed by atoms with Crippen molar-refractivity contribution in [2.45, 2.75) is 0 Å². The van der Waals surface area contributed by atoms with E-state index in [9.17, 15) is 0 Å². The van der Waals surface area contributed by atoms with Gasteiger partial charge in [0.05, 0.1) is 22.7 Å². The predicted molar refractivity (Wildman–Crippen MR) is 335 cm³/mol. The van der Waals surface area contributed by atoms with Crippen molar-refractivity contribution >= 4 is 132 Å². The second-order valence-electron chi connectivity index (χ2n) is 21.6. The molecule has 0 aliphatic carbocycles. The number of nitrogens with zero attached hydrogens (tertiary/aromatic N) is 5. The van der Waals surface area contributed by atoms with Gasteiger partial charge in [0, 0.05) is 62.6 Å². The Balaban J connectivity index is 0.746. The van der Waals surface area contributed by atoms with Crippen LogP contribution in [0.25, 0.3) is 11.1 Å². The van der Waals surface area contributed by atoms with Crippen molar-refractivity contribution in [2.24, 2.45) is 0 Å². The SMILES string of the molecule is c1ccc(N(c2ccc(-c3cccc(N4c5ccccc5B5c6cccc7c6N(c6ccccc6O7)c6cccc4c65)c3)cc2)c2ccc3c(c2)N(c2ccccc2)c2cccc4c2B3c2cccc3c2N4c2ccccc2O3)cc1. The number of rotatable bonds is 6. The van der Waals surface area contributed by atoms with Gasteiger partial charge in [-0.1, -0.05) is 146 Å². The zero-order chi connectivity index (χ0) is 52.9. The molecule has 0 saturated heterocycles. The summed E-state index contributed by atoms with van der Waals surface area (Å²) in [7, 11) is 0. The minimum absolute atomic E-state index is 0.0309. The van der Waals surface area contributed by atoms with Crippen LogP contribution < -0.4 is 66.8 Å². The third-order valence-electron chi connectivity index (χ3n) is 17.3. The molecule has 0 bridgehead atoms. The maximum Gasteiger partial charge on any atom is 0.252 e. The molecule has 6 heterocycles. The molecule has 0 unspecified atom stereocenters. The van der Waals surface area contributed by atoms with E-state index in [1.807, 2.05) is 12.1 Å². The molecule has 376 valence electrons. The van der Waals surface area contributed by atoms with Crippen molar-refractivity contribution in [1.82, 2.24) is 0 Å². The van der Waals surface area contributed by atoms with Gasteiger partial charge >= 0.3 is 0 Å². The quantitative estimate of drug-likeness (QED) is 0.154. The smallest absolute Gasteiger partial charge is 0.252 e. The van der Waals surface area contributed by atoms with Crippen LogP contribution in [0.5, 0.6) is 23.0 Å². The number of hydrogen-bond acceptors (Lipinski definition) is 7. The highest BCUT2D eigenvalue weighted by atomic mass is 16.5. The van der Waals surface area contributed by atoms with Gasteiger partial charge in [0.15, 0.2) is 23.0 Å². The van der Waals surface area contributed by atoms with E-state index in [-0.39, 0.29) is 13.4 Å². The maximum atomic E-state index is 6.68. The molecule has 0 atom stereocenters. The van der Waals surface area contributed by atoms with Crippen LogP contribution in [-0.2, 0) is 0 Å². The Bertz CT molecular complexity index is 4610. The zero-order valence-corrected chi connectivity index (χ0v) is 43.7. The molecular weight excluding hydrogens is 988 g/mol. The molecule has 12 aromatic carbocycles. The molecule has 6 aliphatic rings. The fourth-order valence-corrected chi connectivity index (χ4v) is 14.1. The number of ether oxygens (including phenoxy) is 2. The first-order valence-electron chi connectivity index (χ1n) is 27.8. The molecule has 12 aromatic rings. The van der Waals surface area contributed by atoms with Gasteiger partial charge in [-0.2, -0.15) is 0 Å². The van der Waals surface area contributed by atoms with Crippen LogP contribution in [0.15, 0.2) is 273 Å². The number of para-hydroxylation sites is 9. The van der Waals surface area contributed by atoms with E-state index in [1.165, 1.54) is 55.5 Å². The lowest BCUT2D eigenvalue weighted by Gasteiger charge is -2.46. The Morgan fingerprint density at radius 3 is 1.32 bits per heavy atom. The lowest BCUT2D eigenvalue weighted by atomic mass is 9.33. The van der Waals surface area contributed by atoms with Crippen LogP contribution in [0.1, 0.15) is 0 Å². The summed E-state index contributed by atoms with van der Waals surface area (Å²) >= 11 is 0. The largest absolute Gasteiger partial charge is 0.453 e. The topological polar surface area (TPSA) is 34.7 Å². The first-order chi connectivity index (χ1) is 40.2. The van der Waals surface area contributed by atoms with E-state index >= 15 is 0 Å². The van der Waals surface area contributed by atoms with Crippen molar-refractivity contribution in [1.29, 1.82) is 0 Å². The Morgan fingerprint density at radius 1 is 0.259 bits per heavy atom. The predicted octanol–water partition coefficient (Wildman–Crippen LogP) is 15.2. The normalized spacial score (nSPS) is 13.7. The highest BCUT2D eigenvalue weighted by Crippen LogP contribution is 2.55. The fraction of sp³-hybridized carbons (Fsp3) is 0.